The highest BCUT2D eigenvalue weighted by Crippen LogP contribution is 2.39. The van der Waals surface area contributed by atoms with Crippen molar-refractivity contribution >= 4 is 5.97 Å². The van der Waals surface area contributed by atoms with Crippen LogP contribution in [0, 0.1) is 10.8 Å². The van der Waals surface area contributed by atoms with Crippen LogP contribution in [-0.4, -0.2) is 38.5 Å². The molecule has 0 aromatic carbocycles. The van der Waals surface area contributed by atoms with E-state index in [0.717, 1.165) is 83.8 Å². The van der Waals surface area contributed by atoms with E-state index in [-0.39, 0.29) is 23.4 Å². The standard InChI is InChI=1S/C31H58N2O5/c1-6-30(7-2,19-11-14-23-33-27(34)26-32(10-5)29(33)37)20-12-15-24-38-25-16-13-21-31(8-3,9-4)22-17-18-28(35)36/h26,34H,6-25H2,1-5H3,(H,35,36). The van der Waals surface area contributed by atoms with Crippen molar-refractivity contribution in [3.63, 3.8) is 0 Å². The summed E-state index contributed by atoms with van der Waals surface area (Å²) in [6, 6.07) is 0. The Kier molecular flexibility index (Phi) is 16.7. The molecule has 222 valence electrons. The molecule has 7 heteroatoms. The third-order valence-corrected chi connectivity index (χ3v) is 9.29. The van der Waals surface area contributed by atoms with Crippen molar-refractivity contribution in [3.8, 4) is 5.88 Å². The summed E-state index contributed by atoms with van der Waals surface area (Å²) in [5.74, 6) is -0.618. The highest BCUT2D eigenvalue weighted by molar-refractivity contribution is 5.66. The summed E-state index contributed by atoms with van der Waals surface area (Å²) in [7, 11) is 0. The second-order valence-corrected chi connectivity index (χ2v) is 11.4. The van der Waals surface area contributed by atoms with Crippen molar-refractivity contribution in [2.24, 2.45) is 10.8 Å². The first-order chi connectivity index (χ1) is 18.2. The monoisotopic (exact) mass is 538 g/mol. The Morgan fingerprint density at radius 1 is 0.789 bits per heavy atom. The van der Waals surface area contributed by atoms with E-state index in [1.165, 1.54) is 36.4 Å². The van der Waals surface area contributed by atoms with E-state index in [1.807, 2.05) is 6.92 Å². The van der Waals surface area contributed by atoms with Crippen LogP contribution < -0.4 is 5.69 Å². The molecule has 0 aliphatic carbocycles. The Labute approximate surface area is 232 Å². The number of aliphatic carboxylic acids is 1. The molecule has 0 aliphatic heterocycles. The molecule has 1 rings (SSSR count). The van der Waals surface area contributed by atoms with Crippen molar-refractivity contribution in [2.75, 3.05) is 13.2 Å². The highest BCUT2D eigenvalue weighted by atomic mass is 16.5. The van der Waals surface area contributed by atoms with E-state index < -0.39 is 5.97 Å². The van der Waals surface area contributed by atoms with Gasteiger partial charge >= 0.3 is 11.7 Å². The van der Waals surface area contributed by atoms with Gasteiger partial charge in [-0.3, -0.25) is 13.9 Å². The third-order valence-electron chi connectivity index (χ3n) is 9.29. The number of carbonyl (C=O) groups is 1. The van der Waals surface area contributed by atoms with Crippen molar-refractivity contribution in [1.29, 1.82) is 0 Å². The number of hydrogen-bond acceptors (Lipinski definition) is 4. The Morgan fingerprint density at radius 3 is 1.68 bits per heavy atom. The van der Waals surface area contributed by atoms with Gasteiger partial charge < -0.3 is 14.9 Å². The fourth-order valence-electron chi connectivity index (χ4n) is 6.01. The summed E-state index contributed by atoms with van der Waals surface area (Å²) < 4.78 is 9.00. The lowest BCUT2D eigenvalue weighted by Crippen LogP contribution is -2.24. The van der Waals surface area contributed by atoms with Crippen LogP contribution in [0.5, 0.6) is 5.88 Å². The molecule has 0 saturated carbocycles. The Hall–Kier alpha value is -1.76. The van der Waals surface area contributed by atoms with Crippen LogP contribution in [0.1, 0.15) is 137 Å². The first-order valence-corrected chi connectivity index (χ1v) is 15.5. The lowest BCUT2D eigenvalue weighted by Gasteiger charge is -2.32. The quantitative estimate of drug-likeness (QED) is 0.131. The number of carboxylic acid groups (broad SMARTS) is 1. The number of unbranched alkanes of at least 4 members (excludes halogenated alkanes) is 3. The van der Waals surface area contributed by atoms with Gasteiger partial charge in [0.05, 0.1) is 6.20 Å². The summed E-state index contributed by atoms with van der Waals surface area (Å²) in [4.78, 5) is 23.1. The molecule has 0 saturated heterocycles. The average molecular weight is 539 g/mol. The van der Waals surface area contributed by atoms with Crippen LogP contribution in [0.3, 0.4) is 0 Å². The van der Waals surface area contributed by atoms with Gasteiger partial charge in [0.1, 0.15) is 0 Å². The summed E-state index contributed by atoms with van der Waals surface area (Å²) in [5, 5.41) is 19.0. The van der Waals surface area contributed by atoms with Gasteiger partial charge in [0.2, 0.25) is 5.88 Å². The van der Waals surface area contributed by atoms with Crippen molar-refractivity contribution in [1.82, 2.24) is 9.13 Å². The molecule has 2 N–H and O–H groups in total. The number of ether oxygens (including phenoxy) is 1. The number of rotatable bonds is 24. The summed E-state index contributed by atoms with van der Waals surface area (Å²) in [6.45, 7) is 13.8. The van der Waals surface area contributed by atoms with Crippen LogP contribution in [-0.2, 0) is 22.6 Å². The number of imidazole rings is 1. The maximum Gasteiger partial charge on any atom is 0.331 e. The molecule has 0 amide bonds. The maximum absolute atomic E-state index is 12.3. The number of aryl methyl sites for hydroxylation is 1. The normalized spacial score (nSPS) is 12.3. The molecule has 0 bridgehead atoms. The summed E-state index contributed by atoms with van der Waals surface area (Å²) in [5.41, 5.74) is 0.524. The SMILES string of the molecule is CCn1cc(O)n(CCCCC(CC)(CC)CCCCOCCCCC(CC)(CC)CCCC(=O)O)c1=O. The molecular weight excluding hydrogens is 480 g/mol. The zero-order chi connectivity index (χ0) is 28.4. The second-order valence-electron chi connectivity index (χ2n) is 11.4. The Balaban J connectivity index is 2.26. The lowest BCUT2D eigenvalue weighted by atomic mass is 9.74. The number of hydrogen-bond donors (Lipinski definition) is 2. The van der Waals surface area contributed by atoms with Crippen LogP contribution >= 0.6 is 0 Å². The van der Waals surface area contributed by atoms with E-state index in [4.69, 9.17) is 9.84 Å². The largest absolute Gasteiger partial charge is 0.493 e. The van der Waals surface area contributed by atoms with Gasteiger partial charge in [-0.25, -0.2) is 4.79 Å². The second kappa shape index (κ2) is 18.5. The third kappa shape index (κ3) is 11.5. The van der Waals surface area contributed by atoms with Crippen LogP contribution in [0.2, 0.25) is 0 Å². The molecule has 0 atom stereocenters. The van der Waals surface area contributed by atoms with Crippen LogP contribution in [0.15, 0.2) is 11.0 Å². The van der Waals surface area contributed by atoms with Crippen molar-refractivity contribution in [3.05, 3.63) is 16.7 Å². The number of aromatic nitrogens is 2. The molecule has 0 unspecified atom stereocenters. The smallest absolute Gasteiger partial charge is 0.331 e. The van der Waals surface area contributed by atoms with Gasteiger partial charge in [0.25, 0.3) is 0 Å². The fourth-order valence-corrected chi connectivity index (χ4v) is 6.01. The molecule has 0 radical (unpaired) electrons. The molecule has 1 heterocycles. The molecule has 1 aromatic heterocycles. The van der Waals surface area contributed by atoms with Crippen LogP contribution in [0.4, 0.5) is 0 Å². The lowest BCUT2D eigenvalue weighted by molar-refractivity contribution is -0.137. The predicted octanol–water partition coefficient (Wildman–Crippen LogP) is 7.77. The molecule has 0 fully saturated rings. The van der Waals surface area contributed by atoms with Gasteiger partial charge in [-0.15, -0.1) is 0 Å². The van der Waals surface area contributed by atoms with Gasteiger partial charge in [0.15, 0.2) is 0 Å². The first kappa shape index (κ1) is 34.3. The number of carboxylic acids is 1. The van der Waals surface area contributed by atoms with Gasteiger partial charge in [-0.2, -0.15) is 0 Å². The van der Waals surface area contributed by atoms with Gasteiger partial charge in [-0.05, 0) is 69.1 Å². The van der Waals surface area contributed by atoms with E-state index in [0.29, 0.717) is 18.5 Å². The topological polar surface area (TPSA) is 93.7 Å². The minimum Gasteiger partial charge on any atom is -0.493 e. The van der Waals surface area contributed by atoms with Gasteiger partial charge in [-0.1, -0.05) is 72.6 Å². The van der Waals surface area contributed by atoms with E-state index in [2.05, 4.69) is 27.7 Å². The maximum atomic E-state index is 12.3. The molecule has 0 spiro atoms. The molecular formula is C31H58N2O5. The number of nitrogens with zero attached hydrogens (tertiary/aromatic N) is 2. The minimum absolute atomic E-state index is 0.0693. The number of aromatic hydroxyl groups is 1. The molecule has 1 aromatic rings. The molecule has 38 heavy (non-hydrogen) atoms. The zero-order valence-corrected chi connectivity index (χ0v) is 25.2. The van der Waals surface area contributed by atoms with E-state index in [9.17, 15) is 14.7 Å². The predicted molar refractivity (Wildman–Crippen MR) is 156 cm³/mol. The van der Waals surface area contributed by atoms with Crippen molar-refractivity contribution < 1.29 is 19.7 Å². The Bertz CT molecular complexity index is 821. The average Bonchev–Trinajstić information content (AvgIpc) is 3.19. The van der Waals surface area contributed by atoms with Crippen LogP contribution in [0.25, 0.3) is 0 Å². The molecule has 0 aliphatic rings. The Morgan fingerprint density at radius 2 is 1.26 bits per heavy atom. The molecule has 7 nitrogen and oxygen atoms in total. The van der Waals surface area contributed by atoms with E-state index >= 15 is 0 Å². The first-order valence-electron chi connectivity index (χ1n) is 15.5. The highest BCUT2D eigenvalue weighted by Gasteiger charge is 2.26. The summed E-state index contributed by atoms with van der Waals surface area (Å²) >= 11 is 0. The van der Waals surface area contributed by atoms with Gasteiger partial charge in [0, 0.05) is 32.7 Å². The summed E-state index contributed by atoms with van der Waals surface area (Å²) in [6.07, 6.45) is 18.2. The minimum atomic E-state index is -0.688. The fraction of sp³-hybridized carbons (Fsp3) is 0.871. The zero-order valence-electron chi connectivity index (χ0n) is 25.2. The van der Waals surface area contributed by atoms with E-state index in [1.54, 1.807) is 4.57 Å². The van der Waals surface area contributed by atoms with Crippen molar-refractivity contribution in [2.45, 2.75) is 150 Å².